The third-order valence-corrected chi connectivity index (χ3v) is 2.72. The molecule has 0 unspecified atom stereocenters. The van der Waals surface area contributed by atoms with E-state index in [9.17, 15) is 4.79 Å². The predicted octanol–water partition coefficient (Wildman–Crippen LogP) is 1.52. The molecular formula is C8H10O3S2. The van der Waals surface area contributed by atoms with Gasteiger partial charge in [0.2, 0.25) is 4.38 Å². The molecule has 72 valence electrons. The first-order valence-electron chi connectivity index (χ1n) is 3.75. The minimum absolute atomic E-state index is 0.0965. The molecule has 0 spiro atoms. The second-order valence-corrected chi connectivity index (χ2v) is 4.30. The van der Waals surface area contributed by atoms with Crippen LogP contribution in [0.2, 0.25) is 0 Å². The number of thiocarbonyl (C=S) groups is 1. The number of hydrogen-bond donors (Lipinski definition) is 0. The van der Waals surface area contributed by atoms with E-state index in [1.165, 1.54) is 11.8 Å². The van der Waals surface area contributed by atoms with Crippen molar-refractivity contribution in [1.29, 1.82) is 0 Å². The normalized spacial score (nSPS) is 21.0. The van der Waals surface area contributed by atoms with Gasteiger partial charge >= 0.3 is 5.97 Å². The fourth-order valence-electron chi connectivity index (χ4n) is 0.739. The highest BCUT2D eigenvalue weighted by Crippen LogP contribution is 2.20. The number of thioether (sulfide) groups is 1. The molecule has 0 aromatic carbocycles. The molecule has 1 heterocycles. The molecule has 0 amide bonds. The zero-order valence-corrected chi connectivity index (χ0v) is 8.87. The van der Waals surface area contributed by atoms with E-state index in [0.717, 1.165) is 5.75 Å². The van der Waals surface area contributed by atoms with Crippen molar-refractivity contribution in [1.82, 2.24) is 0 Å². The fourth-order valence-corrected chi connectivity index (χ4v) is 1.77. The van der Waals surface area contributed by atoms with E-state index >= 15 is 0 Å². The van der Waals surface area contributed by atoms with E-state index in [0.29, 0.717) is 9.96 Å². The lowest BCUT2D eigenvalue weighted by Crippen LogP contribution is -2.20. The molecule has 1 fully saturated rings. The molecule has 0 aromatic heterocycles. The highest BCUT2D eigenvalue weighted by molar-refractivity contribution is 8.22. The van der Waals surface area contributed by atoms with Crippen LogP contribution in [-0.4, -0.2) is 28.8 Å². The maximum atomic E-state index is 11.0. The first-order valence-corrected chi connectivity index (χ1v) is 5.15. The zero-order valence-electron chi connectivity index (χ0n) is 7.24. The third kappa shape index (κ3) is 3.36. The van der Waals surface area contributed by atoms with E-state index in [1.807, 2.05) is 0 Å². The van der Waals surface area contributed by atoms with Gasteiger partial charge in [-0.2, -0.15) is 0 Å². The summed E-state index contributed by atoms with van der Waals surface area (Å²) in [6.45, 7) is 5.33. The van der Waals surface area contributed by atoms with Gasteiger partial charge in [0.05, 0.1) is 0 Å². The Bertz CT molecular complexity index is 250. The van der Waals surface area contributed by atoms with Crippen LogP contribution in [0.25, 0.3) is 0 Å². The molecule has 13 heavy (non-hydrogen) atoms. The molecule has 0 aromatic rings. The molecule has 0 N–H and O–H groups in total. The Morgan fingerprint density at radius 1 is 1.92 bits per heavy atom. The van der Waals surface area contributed by atoms with Crippen molar-refractivity contribution in [2.24, 2.45) is 0 Å². The van der Waals surface area contributed by atoms with Gasteiger partial charge in [-0.15, -0.1) is 0 Å². The molecule has 1 aliphatic heterocycles. The van der Waals surface area contributed by atoms with Gasteiger partial charge in [-0.1, -0.05) is 18.3 Å². The Kier molecular flexibility index (Phi) is 3.74. The van der Waals surface area contributed by atoms with Gasteiger partial charge in [-0.05, 0) is 19.1 Å². The van der Waals surface area contributed by atoms with Crippen molar-refractivity contribution >= 4 is 34.3 Å². The van der Waals surface area contributed by atoms with Crippen LogP contribution in [0, 0.1) is 0 Å². The first kappa shape index (κ1) is 10.5. The van der Waals surface area contributed by atoms with Crippen LogP contribution in [0.5, 0.6) is 0 Å². The van der Waals surface area contributed by atoms with E-state index < -0.39 is 0 Å². The van der Waals surface area contributed by atoms with E-state index in [2.05, 4.69) is 6.58 Å². The summed E-state index contributed by atoms with van der Waals surface area (Å²) in [6, 6.07) is 0. The number of carbonyl (C=O) groups is 1. The molecule has 1 saturated heterocycles. The van der Waals surface area contributed by atoms with Crippen molar-refractivity contribution in [3.05, 3.63) is 12.2 Å². The minimum Gasteiger partial charge on any atom is -0.471 e. The van der Waals surface area contributed by atoms with Crippen LogP contribution in [-0.2, 0) is 14.3 Å². The van der Waals surface area contributed by atoms with Crippen LogP contribution in [0.1, 0.15) is 6.92 Å². The summed E-state index contributed by atoms with van der Waals surface area (Å²) in [6.07, 6.45) is -0.0965. The average molecular weight is 218 g/mol. The topological polar surface area (TPSA) is 35.5 Å². The molecule has 0 radical (unpaired) electrons. The summed E-state index contributed by atoms with van der Waals surface area (Å²) < 4.78 is 10.6. The monoisotopic (exact) mass is 218 g/mol. The van der Waals surface area contributed by atoms with Gasteiger partial charge in [0, 0.05) is 11.3 Å². The molecule has 0 saturated carbocycles. The maximum Gasteiger partial charge on any atom is 0.333 e. The van der Waals surface area contributed by atoms with Gasteiger partial charge in [0.25, 0.3) is 0 Å². The number of hydrogen-bond acceptors (Lipinski definition) is 5. The zero-order chi connectivity index (χ0) is 9.84. The highest BCUT2D eigenvalue weighted by Gasteiger charge is 2.22. The lowest BCUT2D eigenvalue weighted by Gasteiger charge is -2.09. The lowest BCUT2D eigenvalue weighted by atomic mass is 10.3. The van der Waals surface area contributed by atoms with Crippen LogP contribution in [0.15, 0.2) is 12.2 Å². The van der Waals surface area contributed by atoms with Gasteiger partial charge in [0.15, 0.2) is 0 Å². The molecule has 0 bridgehead atoms. The number of rotatable bonds is 3. The van der Waals surface area contributed by atoms with Crippen molar-refractivity contribution in [2.75, 3.05) is 12.4 Å². The van der Waals surface area contributed by atoms with E-state index in [1.54, 1.807) is 6.92 Å². The largest absolute Gasteiger partial charge is 0.471 e. The summed E-state index contributed by atoms with van der Waals surface area (Å²) in [5, 5.41) is 0. The van der Waals surface area contributed by atoms with Crippen molar-refractivity contribution in [3.63, 3.8) is 0 Å². The Morgan fingerprint density at radius 3 is 3.08 bits per heavy atom. The molecule has 1 rings (SSSR count). The smallest absolute Gasteiger partial charge is 0.333 e. The van der Waals surface area contributed by atoms with Gasteiger partial charge in [0.1, 0.15) is 12.7 Å². The third-order valence-electron chi connectivity index (χ3n) is 1.40. The first-order chi connectivity index (χ1) is 6.09. The molecule has 5 heteroatoms. The second-order valence-electron chi connectivity index (χ2n) is 2.68. The Hall–Kier alpha value is -0.550. The lowest BCUT2D eigenvalue weighted by molar-refractivity contribution is -0.141. The summed E-state index contributed by atoms with van der Waals surface area (Å²) >= 11 is 6.27. The van der Waals surface area contributed by atoms with Crippen molar-refractivity contribution in [3.8, 4) is 0 Å². The van der Waals surface area contributed by atoms with Crippen LogP contribution in [0.4, 0.5) is 0 Å². The summed E-state index contributed by atoms with van der Waals surface area (Å²) in [7, 11) is 0. The Balaban J connectivity index is 2.23. The Morgan fingerprint density at radius 2 is 2.62 bits per heavy atom. The standard InChI is InChI=1S/C8H10O3S2/c1-5(2)7(9)10-3-6-4-13-8(12)11-6/h6H,1,3-4H2,2H3/t6-/m1/s1. The van der Waals surface area contributed by atoms with Crippen LogP contribution in [0.3, 0.4) is 0 Å². The van der Waals surface area contributed by atoms with Crippen molar-refractivity contribution in [2.45, 2.75) is 13.0 Å². The molecule has 1 atom stereocenters. The highest BCUT2D eigenvalue weighted by atomic mass is 32.2. The van der Waals surface area contributed by atoms with Gasteiger partial charge in [-0.25, -0.2) is 4.79 Å². The van der Waals surface area contributed by atoms with Crippen molar-refractivity contribution < 1.29 is 14.3 Å². The SMILES string of the molecule is C=C(C)C(=O)OC[C@@H]1CSC(=S)O1. The maximum absolute atomic E-state index is 11.0. The number of ether oxygens (including phenoxy) is 2. The van der Waals surface area contributed by atoms with Gasteiger partial charge < -0.3 is 9.47 Å². The minimum atomic E-state index is -0.383. The quantitative estimate of drug-likeness (QED) is 0.408. The summed E-state index contributed by atoms with van der Waals surface area (Å²) in [5.74, 6) is 0.369. The summed E-state index contributed by atoms with van der Waals surface area (Å²) in [5.41, 5.74) is 0.397. The van der Waals surface area contributed by atoms with E-state index in [-0.39, 0.29) is 18.7 Å². The predicted molar refractivity (Wildman–Crippen MR) is 55.7 cm³/mol. The number of esters is 1. The van der Waals surface area contributed by atoms with E-state index in [4.69, 9.17) is 21.7 Å². The molecule has 3 nitrogen and oxygen atoms in total. The second kappa shape index (κ2) is 4.62. The molecule has 1 aliphatic rings. The molecular weight excluding hydrogens is 208 g/mol. The fraction of sp³-hybridized carbons (Fsp3) is 0.500. The Labute approximate surface area is 86.5 Å². The summed E-state index contributed by atoms with van der Waals surface area (Å²) in [4.78, 5) is 11.0. The van der Waals surface area contributed by atoms with Gasteiger partial charge in [-0.3, -0.25) is 0 Å². The van der Waals surface area contributed by atoms with Crippen LogP contribution < -0.4 is 0 Å². The molecule has 0 aliphatic carbocycles. The average Bonchev–Trinajstić information content (AvgIpc) is 2.47. The van der Waals surface area contributed by atoms with Crippen LogP contribution >= 0.6 is 24.0 Å². The number of carbonyl (C=O) groups excluding carboxylic acids is 1.